The number of hydrogen-bond acceptors (Lipinski definition) is 5. The number of benzene rings is 1. The van der Waals surface area contributed by atoms with Gasteiger partial charge in [-0.2, -0.15) is 4.98 Å². The molecule has 1 heterocycles. The van der Waals surface area contributed by atoms with Gasteiger partial charge in [-0.3, -0.25) is 4.79 Å². The highest BCUT2D eigenvalue weighted by Crippen LogP contribution is 2.18. The fourth-order valence-corrected chi connectivity index (χ4v) is 2.10. The second-order valence-corrected chi connectivity index (χ2v) is 5.51. The number of aryl methyl sites for hydroxylation is 2. The minimum Gasteiger partial charge on any atom is -0.384 e. The minimum atomic E-state index is -1.08. The Kier molecular flexibility index (Phi) is 5.27. The van der Waals surface area contributed by atoms with Crippen molar-refractivity contribution in [3.8, 4) is 0 Å². The zero-order chi connectivity index (χ0) is 16.0. The second kappa shape index (κ2) is 7.17. The van der Waals surface area contributed by atoms with Crippen LogP contribution < -0.4 is 5.32 Å². The first-order valence-corrected chi connectivity index (χ1v) is 7.31. The highest BCUT2D eigenvalue weighted by atomic mass is 16.5. The molecule has 1 atom stereocenters. The van der Waals surface area contributed by atoms with Gasteiger partial charge in [-0.15, -0.1) is 0 Å². The molecule has 6 nitrogen and oxygen atoms in total. The molecule has 0 aliphatic heterocycles. The van der Waals surface area contributed by atoms with Crippen molar-refractivity contribution in [2.75, 3.05) is 6.54 Å². The van der Waals surface area contributed by atoms with E-state index < -0.39 is 5.60 Å². The van der Waals surface area contributed by atoms with Crippen molar-refractivity contribution < 1.29 is 14.4 Å². The number of hydrogen-bond donors (Lipinski definition) is 2. The molecule has 118 valence electrons. The summed E-state index contributed by atoms with van der Waals surface area (Å²) in [6.07, 6.45) is 1.55. The molecule has 0 saturated heterocycles. The fraction of sp³-hybridized carbons (Fsp3) is 0.438. The third kappa shape index (κ3) is 4.66. The van der Waals surface area contributed by atoms with Gasteiger partial charge in [0.1, 0.15) is 5.60 Å². The zero-order valence-electron chi connectivity index (χ0n) is 12.9. The van der Waals surface area contributed by atoms with Crippen molar-refractivity contribution in [2.45, 2.75) is 38.7 Å². The molecule has 0 radical (unpaired) electrons. The lowest BCUT2D eigenvalue weighted by molar-refractivity contribution is -0.122. The van der Waals surface area contributed by atoms with Crippen LogP contribution >= 0.6 is 0 Å². The summed E-state index contributed by atoms with van der Waals surface area (Å²) >= 11 is 0. The van der Waals surface area contributed by atoms with Crippen LogP contribution in [0.3, 0.4) is 0 Å². The molecule has 1 amide bonds. The van der Waals surface area contributed by atoms with Crippen molar-refractivity contribution in [1.82, 2.24) is 15.5 Å². The lowest BCUT2D eigenvalue weighted by Crippen LogP contribution is -2.38. The van der Waals surface area contributed by atoms with Gasteiger partial charge in [-0.25, -0.2) is 0 Å². The molecular weight excluding hydrogens is 282 g/mol. The monoisotopic (exact) mass is 303 g/mol. The van der Waals surface area contributed by atoms with E-state index in [9.17, 15) is 9.90 Å². The maximum absolute atomic E-state index is 11.8. The van der Waals surface area contributed by atoms with E-state index in [4.69, 9.17) is 4.52 Å². The number of carbonyl (C=O) groups excluding carboxylic acids is 1. The van der Waals surface area contributed by atoms with Gasteiger partial charge >= 0.3 is 0 Å². The summed E-state index contributed by atoms with van der Waals surface area (Å²) in [6.45, 7) is 3.62. The van der Waals surface area contributed by atoms with Crippen molar-refractivity contribution in [3.05, 3.63) is 47.6 Å². The molecule has 2 rings (SSSR count). The van der Waals surface area contributed by atoms with Crippen LogP contribution in [0.25, 0.3) is 0 Å². The summed E-state index contributed by atoms with van der Waals surface area (Å²) < 4.78 is 4.99. The molecule has 0 aliphatic carbocycles. The number of nitrogens with zero attached hydrogens (tertiary/aromatic N) is 2. The van der Waals surface area contributed by atoms with E-state index in [0.717, 1.165) is 5.56 Å². The Morgan fingerprint density at radius 3 is 2.73 bits per heavy atom. The van der Waals surface area contributed by atoms with Gasteiger partial charge in [-0.05, 0) is 25.8 Å². The topological polar surface area (TPSA) is 88.2 Å². The summed E-state index contributed by atoms with van der Waals surface area (Å²) in [7, 11) is 0. The fourth-order valence-electron chi connectivity index (χ4n) is 2.10. The Morgan fingerprint density at radius 2 is 2.09 bits per heavy atom. The van der Waals surface area contributed by atoms with E-state index in [1.807, 2.05) is 30.3 Å². The Morgan fingerprint density at radius 1 is 1.36 bits per heavy atom. The van der Waals surface area contributed by atoms with Crippen LogP contribution in [0, 0.1) is 6.92 Å². The summed E-state index contributed by atoms with van der Waals surface area (Å²) in [4.78, 5) is 15.9. The summed E-state index contributed by atoms with van der Waals surface area (Å²) in [6, 6.07) is 9.28. The first kappa shape index (κ1) is 16.2. The van der Waals surface area contributed by atoms with Gasteiger partial charge in [0.2, 0.25) is 11.8 Å². The standard InChI is InChI=1S/C16H21N3O3/c1-12-18-15(22-19-12)10-6-9-14(20)17-11-16(2,21)13-7-4-3-5-8-13/h3-5,7-8,21H,6,9-11H2,1-2H3,(H,17,20). The molecule has 1 aromatic carbocycles. The van der Waals surface area contributed by atoms with Gasteiger partial charge in [-0.1, -0.05) is 35.5 Å². The van der Waals surface area contributed by atoms with Crippen LogP contribution in [0.5, 0.6) is 0 Å². The number of aromatic nitrogens is 2. The van der Waals surface area contributed by atoms with Crippen LogP contribution in [0.4, 0.5) is 0 Å². The van der Waals surface area contributed by atoms with Gasteiger partial charge in [0.05, 0.1) is 6.54 Å². The quantitative estimate of drug-likeness (QED) is 0.813. The third-order valence-electron chi connectivity index (χ3n) is 3.39. The van der Waals surface area contributed by atoms with Crippen molar-refractivity contribution >= 4 is 5.91 Å². The van der Waals surface area contributed by atoms with E-state index in [-0.39, 0.29) is 12.5 Å². The maximum atomic E-state index is 11.8. The average molecular weight is 303 g/mol. The van der Waals surface area contributed by atoms with Crippen LogP contribution in [-0.2, 0) is 16.8 Å². The SMILES string of the molecule is Cc1noc(CCCC(=O)NCC(C)(O)c2ccccc2)n1. The van der Waals surface area contributed by atoms with Crippen LogP contribution in [0.15, 0.2) is 34.9 Å². The molecular formula is C16H21N3O3. The van der Waals surface area contributed by atoms with Crippen molar-refractivity contribution in [3.63, 3.8) is 0 Å². The molecule has 6 heteroatoms. The summed E-state index contributed by atoms with van der Waals surface area (Å²) in [5, 5.41) is 16.8. The molecule has 1 aromatic heterocycles. The van der Waals surface area contributed by atoms with Gasteiger partial charge in [0.25, 0.3) is 0 Å². The zero-order valence-corrected chi connectivity index (χ0v) is 12.9. The van der Waals surface area contributed by atoms with Crippen LogP contribution in [0.1, 0.15) is 37.0 Å². The normalized spacial score (nSPS) is 13.6. The highest BCUT2D eigenvalue weighted by Gasteiger charge is 2.23. The third-order valence-corrected chi connectivity index (χ3v) is 3.39. The number of carbonyl (C=O) groups is 1. The van der Waals surface area contributed by atoms with E-state index in [1.165, 1.54) is 0 Å². The Labute approximate surface area is 129 Å². The van der Waals surface area contributed by atoms with E-state index >= 15 is 0 Å². The number of amides is 1. The van der Waals surface area contributed by atoms with Crippen LogP contribution in [-0.4, -0.2) is 27.7 Å². The van der Waals surface area contributed by atoms with Crippen LogP contribution in [0.2, 0.25) is 0 Å². The van der Waals surface area contributed by atoms with E-state index in [2.05, 4.69) is 15.5 Å². The molecule has 22 heavy (non-hydrogen) atoms. The minimum absolute atomic E-state index is 0.104. The largest absolute Gasteiger partial charge is 0.384 e. The molecule has 2 aromatic rings. The van der Waals surface area contributed by atoms with Gasteiger partial charge < -0.3 is 14.9 Å². The summed E-state index contributed by atoms with van der Waals surface area (Å²) in [5.74, 6) is 1.03. The molecule has 0 saturated carbocycles. The molecule has 1 unspecified atom stereocenters. The number of aliphatic hydroxyl groups is 1. The number of nitrogens with one attached hydrogen (secondary N) is 1. The molecule has 0 bridgehead atoms. The molecule has 0 aliphatic rings. The van der Waals surface area contributed by atoms with E-state index in [0.29, 0.717) is 31.0 Å². The molecule has 2 N–H and O–H groups in total. The average Bonchev–Trinajstić information content (AvgIpc) is 2.92. The second-order valence-electron chi connectivity index (χ2n) is 5.51. The smallest absolute Gasteiger partial charge is 0.226 e. The van der Waals surface area contributed by atoms with Crippen molar-refractivity contribution in [1.29, 1.82) is 0 Å². The predicted molar refractivity (Wildman–Crippen MR) is 81.0 cm³/mol. The lowest BCUT2D eigenvalue weighted by Gasteiger charge is -2.24. The predicted octanol–water partition coefficient (Wildman–Crippen LogP) is 1.72. The summed E-state index contributed by atoms with van der Waals surface area (Å²) in [5.41, 5.74) is -0.308. The van der Waals surface area contributed by atoms with Gasteiger partial charge in [0.15, 0.2) is 5.82 Å². The van der Waals surface area contributed by atoms with Crippen molar-refractivity contribution in [2.24, 2.45) is 0 Å². The first-order valence-electron chi connectivity index (χ1n) is 7.31. The lowest BCUT2D eigenvalue weighted by atomic mass is 9.96. The Bertz CT molecular complexity index is 608. The Balaban J connectivity index is 1.73. The van der Waals surface area contributed by atoms with E-state index in [1.54, 1.807) is 13.8 Å². The Hall–Kier alpha value is -2.21. The highest BCUT2D eigenvalue weighted by molar-refractivity contribution is 5.75. The van der Waals surface area contributed by atoms with Gasteiger partial charge in [0, 0.05) is 12.8 Å². The first-order chi connectivity index (χ1) is 10.5. The number of rotatable bonds is 7. The molecule has 0 spiro atoms. The molecule has 0 fully saturated rings. The maximum Gasteiger partial charge on any atom is 0.226 e.